The lowest BCUT2D eigenvalue weighted by molar-refractivity contribution is -0.113. The second-order valence-corrected chi connectivity index (χ2v) is 7.14. The first kappa shape index (κ1) is 17.0. The highest BCUT2D eigenvalue weighted by Gasteiger charge is 2.29. The summed E-state index contributed by atoms with van der Waals surface area (Å²) < 4.78 is 13.3. The first-order chi connectivity index (χ1) is 11.4. The molecule has 1 N–H and O–H groups in total. The molecule has 2 aliphatic heterocycles. The van der Waals surface area contributed by atoms with Gasteiger partial charge in [-0.1, -0.05) is 0 Å². The van der Waals surface area contributed by atoms with Crippen molar-refractivity contribution in [2.24, 2.45) is 4.99 Å². The van der Waals surface area contributed by atoms with Crippen molar-refractivity contribution < 1.29 is 14.3 Å². The number of phenolic OH excluding ortho intramolecular Hbond substituents is 1. The van der Waals surface area contributed by atoms with E-state index in [2.05, 4.69) is 28.6 Å². The van der Waals surface area contributed by atoms with Gasteiger partial charge in [0.25, 0.3) is 5.91 Å². The van der Waals surface area contributed by atoms with Crippen molar-refractivity contribution in [3.8, 4) is 5.75 Å². The number of amides is 1. The van der Waals surface area contributed by atoms with Gasteiger partial charge in [0.1, 0.15) is 11.6 Å². The molecule has 1 amide bonds. The Kier molecular flexibility index (Phi) is 4.91. The Hall–Kier alpha value is -1.86. The average molecular weight is 349 g/mol. The fourth-order valence-electron chi connectivity index (χ4n) is 2.75. The second kappa shape index (κ2) is 6.94. The molecule has 2 heterocycles. The summed E-state index contributed by atoms with van der Waals surface area (Å²) in [6.45, 7) is 7.89. The highest BCUT2D eigenvalue weighted by atomic mass is 32.2. The van der Waals surface area contributed by atoms with Gasteiger partial charge in [-0.3, -0.25) is 9.69 Å². The largest absolute Gasteiger partial charge is 0.507 e. The van der Waals surface area contributed by atoms with Crippen LogP contribution in [0.5, 0.6) is 5.75 Å². The number of hydrogen-bond donors (Lipinski definition) is 1. The minimum atomic E-state index is -0.457. The van der Waals surface area contributed by atoms with Crippen molar-refractivity contribution in [3.05, 3.63) is 34.5 Å². The molecule has 0 saturated carbocycles. The van der Waals surface area contributed by atoms with Gasteiger partial charge in [0.05, 0.1) is 4.91 Å². The van der Waals surface area contributed by atoms with Crippen LogP contribution in [0.25, 0.3) is 6.08 Å². The molecule has 1 aromatic carbocycles. The number of carbonyl (C=O) groups is 1. The molecule has 0 aromatic heterocycles. The minimum Gasteiger partial charge on any atom is -0.507 e. The molecule has 1 saturated heterocycles. The SMILES string of the molecule is CC(C)N1CCN(C2=NC(=O)C(=Cc3cc(F)ccc3O)S2)CC1. The van der Waals surface area contributed by atoms with Crippen LogP contribution in [0.2, 0.25) is 0 Å². The number of aromatic hydroxyl groups is 1. The van der Waals surface area contributed by atoms with E-state index in [1.54, 1.807) is 0 Å². The predicted octanol–water partition coefficient (Wildman–Crippen LogP) is 2.53. The van der Waals surface area contributed by atoms with E-state index in [9.17, 15) is 14.3 Å². The lowest BCUT2D eigenvalue weighted by Crippen LogP contribution is -2.49. The number of amidine groups is 1. The first-order valence-electron chi connectivity index (χ1n) is 7.94. The van der Waals surface area contributed by atoms with Crippen molar-refractivity contribution in [1.82, 2.24) is 9.80 Å². The Balaban J connectivity index is 1.70. The number of hydrogen-bond acceptors (Lipinski definition) is 5. The number of halogens is 1. The van der Waals surface area contributed by atoms with Crippen LogP contribution in [-0.4, -0.2) is 58.2 Å². The fraction of sp³-hybridized carbons (Fsp3) is 0.412. The summed E-state index contributed by atoms with van der Waals surface area (Å²) in [5.74, 6) is -0.859. The highest BCUT2D eigenvalue weighted by molar-refractivity contribution is 8.18. The lowest BCUT2D eigenvalue weighted by Gasteiger charge is -2.37. The first-order valence-corrected chi connectivity index (χ1v) is 8.76. The third kappa shape index (κ3) is 3.62. The molecule has 24 heavy (non-hydrogen) atoms. The topological polar surface area (TPSA) is 56.1 Å². The number of aliphatic imine (C=N–C) groups is 1. The van der Waals surface area contributed by atoms with Crippen molar-refractivity contribution in [2.75, 3.05) is 26.2 Å². The minimum absolute atomic E-state index is 0.0590. The van der Waals surface area contributed by atoms with E-state index in [-0.39, 0.29) is 17.2 Å². The monoisotopic (exact) mass is 349 g/mol. The smallest absolute Gasteiger partial charge is 0.286 e. The molecule has 1 aromatic rings. The van der Waals surface area contributed by atoms with Crippen LogP contribution in [0.4, 0.5) is 4.39 Å². The van der Waals surface area contributed by atoms with E-state index in [0.29, 0.717) is 16.1 Å². The Morgan fingerprint density at radius 2 is 2.00 bits per heavy atom. The molecule has 7 heteroatoms. The summed E-state index contributed by atoms with van der Waals surface area (Å²) in [5.41, 5.74) is 0.284. The lowest BCUT2D eigenvalue weighted by atomic mass is 10.2. The predicted molar refractivity (Wildman–Crippen MR) is 94.4 cm³/mol. The summed E-state index contributed by atoms with van der Waals surface area (Å²) in [6.07, 6.45) is 1.49. The van der Waals surface area contributed by atoms with Crippen molar-refractivity contribution in [2.45, 2.75) is 19.9 Å². The van der Waals surface area contributed by atoms with Gasteiger partial charge in [-0.2, -0.15) is 4.99 Å². The van der Waals surface area contributed by atoms with Crippen LogP contribution in [0.1, 0.15) is 19.4 Å². The van der Waals surface area contributed by atoms with E-state index < -0.39 is 5.82 Å². The van der Waals surface area contributed by atoms with E-state index in [0.717, 1.165) is 26.2 Å². The van der Waals surface area contributed by atoms with Crippen LogP contribution in [0.15, 0.2) is 28.1 Å². The van der Waals surface area contributed by atoms with Crippen molar-refractivity contribution in [1.29, 1.82) is 0 Å². The number of thioether (sulfide) groups is 1. The number of rotatable bonds is 2. The Labute approximate surface area is 144 Å². The number of phenols is 1. The maximum Gasteiger partial charge on any atom is 0.286 e. The summed E-state index contributed by atoms with van der Waals surface area (Å²) in [5, 5.41) is 10.5. The molecule has 0 aliphatic carbocycles. The molecule has 0 atom stereocenters. The van der Waals surface area contributed by atoms with Crippen molar-refractivity contribution >= 4 is 28.9 Å². The number of benzene rings is 1. The molecular formula is C17H20FN3O2S. The van der Waals surface area contributed by atoms with Crippen LogP contribution in [-0.2, 0) is 4.79 Å². The summed E-state index contributed by atoms with van der Waals surface area (Å²) in [4.78, 5) is 21.1. The number of piperazine rings is 1. The molecule has 0 bridgehead atoms. The zero-order valence-corrected chi connectivity index (χ0v) is 14.5. The van der Waals surface area contributed by atoms with Gasteiger partial charge in [-0.15, -0.1) is 0 Å². The van der Waals surface area contributed by atoms with Crippen LogP contribution in [0.3, 0.4) is 0 Å². The third-order valence-corrected chi connectivity index (χ3v) is 5.24. The van der Waals surface area contributed by atoms with Gasteiger partial charge in [-0.25, -0.2) is 4.39 Å². The van der Waals surface area contributed by atoms with Gasteiger partial charge in [0.2, 0.25) is 0 Å². The summed E-state index contributed by atoms with van der Waals surface area (Å²) in [7, 11) is 0. The number of carbonyl (C=O) groups excluding carboxylic acids is 1. The third-order valence-electron chi connectivity index (χ3n) is 4.20. The summed E-state index contributed by atoms with van der Waals surface area (Å²) >= 11 is 1.28. The van der Waals surface area contributed by atoms with Crippen LogP contribution < -0.4 is 0 Å². The van der Waals surface area contributed by atoms with Gasteiger partial charge < -0.3 is 10.0 Å². The van der Waals surface area contributed by atoms with Gasteiger partial charge >= 0.3 is 0 Å². The maximum atomic E-state index is 13.3. The molecule has 1 fully saturated rings. The molecule has 0 radical (unpaired) electrons. The van der Waals surface area contributed by atoms with E-state index in [1.807, 2.05) is 0 Å². The standard InChI is InChI=1S/C17H20FN3O2S/c1-11(2)20-5-7-21(8-6-20)17-19-16(23)15(24-17)10-12-9-13(18)3-4-14(12)22/h3-4,9-11,22H,5-8H2,1-2H3. The summed E-state index contributed by atoms with van der Waals surface area (Å²) in [6, 6.07) is 4.17. The van der Waals surface area contributed by atoms with Crippen LogP contribution in [0, 0.1) is 5.82 Å². The van der Waals surface area contributed by atoms with Gasteiger partial charge in [0.15, 0.2) is 5.17 Å². The molecule has 2 aliphatic rings. The average Bonchev–Trinajstić information content (AvgIpc) is 2.92. The Morgan fingerprint density at radius 1 is 1.29 bits per heavy atom. The molecule has 0 spiro atoms. The maximum absolute atomic E-state index is 13.3. The zero-order chi connectivity index (χ0) is 17.3. The van der Waals surface area contributed by atoms with Gasteiger partial charge in [0, 0.05) is 37.8 Å². The Morgan fingerprint density at radius 3 is 2.67 bits per heavy atom. The van der Waals surface area contributed by atoms with Crippen LogP contribution >= 0.6 is 11.8 Å². The fourth-order valence-corrected chi connectivity index (χ4v) is 3.70. The normalized spacial score (nSPS) is 21.0. The Bertz CT molecular complexity index is 710. The molecule has 3 rings (SSSR count). The second-order valence-electron chi connectivity index (χ2n) is 6.13. The zero-order valence-electron chi connectivity index (χ0n) is 13.7. The molecule has 0 unspecified atom stereocenters. The van der Waals surface area contributed by atoms with E-state index in [1.165, 1.54) is 36.0 Å². The molecular weight excluding hydrogens is 329 g/mol. The molecule has 5 nitrogen and oxygen atoms in total. The van der Waals surface area contributed by atoms with Gasteiger partial charge in [-0.05, 0) is 49.9 Å². The molecule has 128 valence electrons. The highest BCUT2D eigenvalue weighted by Crippen LogP contribution is 2.32. The van der Waals surface area contributed by atoms with E-state index >= 15 is 0 Å². The quantitative estimate of drug-likeness (QED) is 0.832. The number of nitrogens with zero attached hydrogens (tertiary/aromatic N) is 3. The van der Waals surface area contributed by atoms with E-state index in [4.69, 9.17) is 0 Å². The van der Waals surface area contributed by atoms with Crippen molar-refractivity contribution in [3.63, 3.8) is 0 Å².